The summed E-state index contributed by atoms with van der Waals surface area (Å²) < 4.78 is 55.6. The average molecular weight is 493 g/mol. The lowest BCUT2D eigenvalue weighted by molar-refractivity contribution is -0.139. The first-order valence-corrected chi connectivity index (χ1v) is 11.9. The largest absolute Gasteiger partial charge is 0.493 e. The second-order valence-corrected chi connectivity index (χ2v) is 9.42. The first-order valence-electron chi connectivity index (χ1n) is 10.3. The van der Waals surface area contributed by atoms with Crippen LogP contribution in [-0.4, -0.2) is 47.0 Å². The topological polar surface area (TPSA) is 120 Å². The fourth-order valence-corrected chi connectivity index (χ4v) is 4.95. The molecule has 0 aromatic heterocycles. The van der Waals surface area contributed by atoms with Crippen LogP contribution in [0.4, 0.5) is 9.18 Å². The highest BCUT2D eigenvalue weighted by Crippen LogP contribution is 2.35. The van der Waals surface area contributed by atoms with Gasteiger partial charge in [0.05, 0.1) is 43.1 Å². The SMILES string of the molecule is CCOC(=O)C1=C(CS(=O)(=O)c2ccc(F)c(C)c2)NC(=O)N[C@@H]1c1ccc(OC)c(OC)c1. The lowest BCUT2D eigenvalue weighted by Crippen LogP contribution is -2.47. The van der Waals surface area contributed by atoms with E-state index in [0.717, 1.165) is 12.1 Å². The van der Waals surface area contributed by atoms with Crippen molar-refractivity contribution < 1.29 is 36.6 Å². The van der Waals surface area contributed by atoms with Crippen LogP contribution in [0.5, 0.6) is 11.5 Å². The number of carbonyl (C=O) groups is 2. The maximum absolute atomic E-state index is 13.7. The van der Waals surface area contributed by atoms with Gasteiger partial charge in [-0.05, 0) is 55.3 Å². The van der Waals surface area contributed by atoms with Crippen LogP contribution in [-0.2, 0) is 19.4 Å². The third kappa shape index (κ3) is 5.14. The molecule has 2 N–H and O–H groups in total. The van der Waals surface area contributed by atoms with Crippen LogP contribution in [0, 0.1) is 12.7 Å². The molecule has 0 spiro atoms. The number of aryl methyl sites for hydroxylation is 1. The summed E-state index contributed by atoms with van der Waals surface area (Å²) in [5.74, 6) is -1.26. The van der Waals surface area contributed by atoms with Crippen LogP contribution >= 0.6 is 0 Å². The van der Waals surface area contributed by atoms with Crippen LogP contribution < -0.4 is 20.1 Å². The number of methoxy groups -OCH3 is 2. The second-order valence-electron chi connectivity index (χ2n) is 7.43. The number of urea groups is 1. The standard InChI is InChI=1S/C23H25FN2O7S/c1-5-33-22(27)20-17(12-34(29,30)15-7-8-16(24)13(2)10-15)25-23(28)26-21(20)14-6-9-18(31-3)19(11-14)32-4/h6-11,21H,5,12H2,1-4H3,(H2,25,26,28)/t21-/m1/s1. The van der Waals surface area contributed by atoms with E-state index in [9.17, 15) is 22.4 Å². The molecule has 0 bridgehead atoms. The number of benzene rings is 2. The summed E-state index contributed by atoms with van der Waals surface area (Å²) in [7, 11) is -1.15. The van der Waals surface area contributed by atoms with Gasteiger partial charge < -0.3 is 24.8 Å². The molecule has 9 nitrogen and oxygen atoms in total. The van der Waals surface area contributed by atoms with Gasteiger partial charge in [-0.2, -0.15) is 0 Å². The Morgan fingerprint density at radius 3 is 2.41 bits per heavy atom. The minimum Gasteiger partial charge on any atom is -0.493 e. The van der Waals surface area contributed by atoms with Gasteiger partial charge in [-0.25, -0.2) is 22.4 Å². The summed E-state index contributed by atoms with van der Waals surface area (Å²) in [6.07, 6.45) is 0. The molecule has 2 aromatic carbocycles. The Bertz CT molecular complexity index is 1260. The Kier molecular flexibility index (Phi) is 7.45. The van der Waals surface area contributed by atoms with Crippen molar-refractivity contribution in [1.29, 1.82) is 0 Å². The number of carbonyl (C=O) groups excluding carboxylic acids is 2. The van der Waals surface area contributed by atoms with E-state index in [-0.39, 0.29) is 28.3 Å². The number of ether oxygens (including phenoxy) is 3. The molecule has 3 rings (SSSR count). The van der Waals surface area contributed by atoms with Gasteiger partial charge in [-0.1, -0.05) is 6.07 Å². The maximum Gasteiger partial charge on any atom is 0.338 e. The molecule has 0 fully saturated rings. The third-order valence-corrected chi connectivity index (χ3v) is 6.85. The number of nitrogens with one attached hydrogen (secondary N) is 2. The molecule has 0 saturated carbocycles. The van der Waals surface area contributed by atoms with E-state index in [4.69, 9.17) is 14.2 Å². The van der Waals surface area contributed by atoms with Gasteiger partial charge in [0.1, 0.15) is 5.82 Å². The number of amides is 2. The first-order chi connectivity index (χ1) is 16.1. The molecule has 2 amide bonds. The van der Waals surface area contributed by atoms with Crippen molar-refractivity contribution in [1.82, 2.24) is 10.6 Å². The summed E-state index contributed by atoms with van der Waals surface area (Å²) in [6.45, 7) is 3.08. The molecule has 0 unspecified atom stereocenters. The van der Waals surface area contributed by atoms with Gasteiger partial charge in [0.25, 0.3) is 0 Å². The summed E-state index contributed by atoms with van der Waals surface area (Å²) in [4.78, 5) is 25.3. The molecule has 1 atom stereocenters. The van der Waals surface area contributed by atoms with Gasteiger partial charge in [-0.3, -0.25) is 0 Å². The average Bonchev–Trinajstić information content (AvgIpc) is 2.79. The summed E-state index contributed by atoms with van der Waals surface area (Å²) in [5, 5.41) is 5.06. The van der Waals surface area contributed by atoms with E-state index in [1.54, 1.807) is 25.1 Å². The summed E-state index contributed by atoms with van der Waals surface area (Å²) >= 11 is 0. The highest BCUT2D eigenvalue weighted by atomic mass is 32.2. The number of esters is 1. The molecular weight excluding hydrogens is 467 g/mol. The Labute approximate surface area is 196 Å². The predicted molar refractivity (Wildman–Crippen MR) is 121 cm³/mol. The lowest BCUT2D eigenvalue weighted by atomic mass is 9.95. The van der Waals surface area contributed by atoms with E-state index in [2.05, 4.69) is 10.6 Å². The fourth-order valence-electron chi connectivity index (χ4n) is 3.55. The molecule has 11 heteroatoms. The second kappa shape index (κ2) is 10.1. The Hall–Kier alpha value is -3.60. The molecule has 2 aromatic rings. The minimum absolute atomic E-state index is 0.0338. The molecule has 182 valence electrons. The van der Waals surface area contributed by atoms with Crippen molar-refractivity contribution in [3.63, 3.8) is 0 Å². The zero-order chi connectivity index (χ0) is 25.0. The highest BCUT2D eigenvalue weighted by molar-refractivity contribution is 7.91. The van der Waals surface area contributed by atoms with Gasteiger partial charge in [0.15, 0.2) is 21.3 Å². The third-order valence-electron chi connectivity index (χ3n) is 5.21. The number of rotatable bonds is 8. The Balaban J connectivity index is 2.13. The van der Waals surface area contributed by atoms with Crippen LogP contribution in [0.1, 0.15) is 24.1 Å². The highest BCUT2D eigenvalue weighted by Gasteiger charge is 2.36. The smallest absolute Gasteiger partial charge is 0.338 e. The first kappa shape index (κ1) is 25.0. The van der Waals surface area contributed by atoms with E-state index >= 15 is 0 Å². The number of hydrogen-bond acceptors (Lipinski definition) is 7. The van der Waals surface area contributed by atoms with Crippen LogP contribution in [0.2, 0.25) is 0 Å². The van der Waals surface area contributed by atoms with Gasteiger partial charge in [-0.15, -0.1) is 0 Å². The molecular formula is C23H25FN2O7S. The number of hydrogen-bond donors (Lipinski definition) is 2. The monoisotopic (exact) mass is 492 g/mol. The van der Waals surface area contributed by atoms with Crippen molar-refractivity contribution in [3.05, 3.63) is 64.6 Å². The molecule has 1 aliphatic rings. The lowest BCUT2D eigenvalue weighted by Gasteiger charge is -2.29. The van der Waals surface area contributed by atoms with Crippen molar-refractivity contribution in [2.45, 2.75) is 24.8 Å². The predicted octanol–water partition coefficient (Wildman–Crippen LogP) is 2.80. The van der Waals surface area contributed by atoms with Gasteiger partial charge >= 0.3 is 12.0 Å². The fraction of sp³-hybridized carbons (Fsp3) is 0.304. The van der Waals surface area contributed by atoms with E-state index < -0.39 is 39.4 Å². The van der Waals surface area contributed by atoms with Crippen molar-refractivity contribution in [2.75, 3.05) is 26.6 Å². The van der Waals surface area contributed by atoms with Crippen molar-refractivity contribution in [2.24, 2.45) is 0 Å². The van der Waals surface area contributed by atoms with Gasteiger partial charge in [0, 0.05) is 5.70 Å². The minimum atomic E-state index is -4.05. The summed E-state index contributed by atoms with van der Waals surface area (Å²) in [5.41, 5.74) is 0.390. The Morgan fingerprint density at radius 1 is 1.09 bits per heavy atom. The molecule has 0 saturated heterocycles. The van der Waals surface area contributed by atoms with E-state index in [0.29, 0.717) is 17.1 Å². The zero-order valence-corrected chi connectivity index (χ0v) is 19.9. The van der Waals surface area contributed by atoms with Crippen molar-refractivity contribution >= 4 is 21.8 Å². The van der Waals surface area contributed by atoms with E-state index in [1.807, 2.05) is 0 Å². The maximum atomic E-state index is 13.7. The van der Waals surface area contributed by atoms with E-state index in [1.165, 1.54) is 27.2 Å². The van der Waals surface area contributed by atoms with Crippen LogP contribution in [0.15, 0.2) is 52.6 Å². The number of halogens is 1. The normalized spacial score (nSPS) is 15.9. The Morgan fingerprint density at radius 2 is 1.79 bits per heavy atom. The molecule has 34 heavy (non-hydrogen) atoms. The van der Waals surface area contributed by atoms with Crippen LogP contribution in [0.25, 0.3) is 0 Å². The molecule has 1 aliphatic heterocycles. The molecule has 0 radical (unpaired) electrons. The van der Waals surface area contributed by atoms with Gasteiger partial charge in [0.2, 0.25) is 0 Å². The molecule has 0 aliphatic carbocycles. The van der Waals surface area contributed by atoms with Crippen LogP contribution in [0.3, 0.4) is 0 Å². The molecule has 1 heterocycles. The summed E-state index contributed by atoms with van der Waals surface area (Å²) in [6, 6.07) is 6.46. The number of sulfone groups is 1. The zero-order valence-electron chi connectivity index (χ0n) is 19.1. The quantitative estimate of drug-likeness (QED) is 0.429. The van der Waals surface area contributed by atoms with Crippen molar-refractivity contribution in [3.8, 4) is 11.5 Å².